The minimum absolute atomic E-state index is 0.00798. The number of nitrogens with zero attached hydrogens (tertiary/aromatic N) is 3. The molecule has 2 fully saturated rings. The molecule has 0 bridgehead atoms. The Balaban J connectivity index is 1.17. The zero-order chi connectivity index (χ0) is 22.3. The van der Waals surface area contributed by atoms with Gasteiger partial charge >= 0.3 is 0 Å². The van der Waals surface area contributed by atoms with Crippen LogP contribution in [0, 0.1) is 5.82 Å². The Morgan fingerprint density at radius 2 is 1.75 bits per heavy atom. The number of carbonyl (C=O) groups is 1. The Bertz CT molecular complexity index is 1160. The zero-order valence-electron chi connectivity index (χ0n) is 17.3. The summed E-state index contributed by atoms with van der Waals surface area (Å²) in [7, 11) is -2.97. The Morgan fingerprint density at radius 3 is 2.44 bits per heavy atom. The molecule has 3 aliphatic heterocycles. The average molecular weight is 475 g/mol. The number of carbonyl (C=O) groups excluding carboxylic acids is 1. The van der Waals surface area contributed by atoms with Crippen molar-refractivity contribution in [3.8, 4) is 0 Å². The molecule has 3 aliphatic rings. The number of rotatable bonds is 3. The van der Waals surface area contributed by atoms with Gasteiger partial charge in [0.2, 0.25) is 0 Å². The van der Waals surface area contributed by atoms with Crippen LogP contribution in [0.4, 0.5) is 15.8 Å². The molecule has 3 heterocycles. The molecule has 0 radical (unpaired) electrons. The number of hydrogen-bond donors (Lipinski definition) is 1. The maximum Gasteiger partial charge on any atom is 0.253 e. The molecule has 10 heteroatoms. The summed E-state index contributed by atoms with van der Waals surface area (Å²) in [6.45, 7) is 2.24. The molecule has 0 unspecified atom stereocenters. The molecule has 2 aromatic rings. The first-order valence-electron chi connectivity index (χ1n) is 10.5. The number of aliphatic imine (C=N–C) groups is 1. The molecule has 7 nitrogen and oxygen atoms in total. The molecule has 1 N–H and O–H groups in total. The van der Waals surface area contributed by atoms with Crippen molar-refractivity contribution in [2.45, 2.75) is 11.3 Å². The minimum Gasteiger partial charge on any atom is -0.366 e. The van der Waals surface area contributed by atoms with Crippen LogP contribution in [0.15, 0.2) is 53.5 Å². The van der Waals surface area contributed by atoms with Crippen LogP contribution in [-0.4, -0.2) is 73.4 Å². The number of anilines is 2. The number of fused-ring (bicyclic) bond motifs is 1. The van der Waals surface area contributed by atoms with Gasteiger partial charge in [0.25, 0.3) is 5.91 Å². The maximum atomic E-state index is 14.0. The summed E-state index contributed by atoms with van der Waals surface area (Å²) in [6.07, 6.45) is 0. The molecule has 168 valence electrons. The highest BCUT2D eigenvalue weighted by Gasteiger charge is 2.42. The Morgan fingerprint density at radius 1 is 1.03 bits per heavy atom. The number of para-hydroxylation sites is 1. The average Bonchev–Trinajstić information content (AvgIpc) is 3.27. The molecule has 0 spiro atoms. The normalized spacial score (nSPS) is 24.2. The second kappa shape index (κ2) is 8.40. The van der Waals surface area contributed by atoms with Crippen LogP contribution in [0.25, 0.3) is 0 Å². The number of sulfone groups is 1. The van der Waals surface area contributed by atoms with Crippen molar-refractivity contribution in [3.05, 3.63) is 59.9 Å². The summed E-state index contributed by atoms with van der Waals surface area (Å²) in [6, 6.07) is 13.7. The fraction of sp³-hybridized carbons (Fsp3) is 0.364. The van der Waals surface area contributed by atoms with Gasteiger partial charge in [0.1, 0.15) is 5.82 Å². The lowest BCUT2D eigenvalue weighted by Gasteiger charge is -2.36. The van der Waals surface area contributed by atoms with Crippen molar-refractivity contribution >= 4 is 44.0 Å². The fourth-order valence-electron chi connectivity index (χ4n) is 4.28. The number of nitrogens with one attached hydrogen (secondary N) is 1. The molecule has 0 aliphatic carbocycles. The quantitative estimate of drug-likeness (QED) is 0.736. The van der Waals surface area contributed by atoms with Gasteiger partial charge in [-0.15, -0.1) is 0 Å². The lowest BCUT2D eigenvalue weighted by molar-refractivity contribution is 0.0746. The minimum atomic E-state index is -2.97. The Labute approximate surface area is 190 Å². The molecule has 2 atom stereocenters. The van der Waals surface area contributed by atoms with E-state index in [2.05, 4.69) is 10.3 Å². The lowest BCUT2D eigenvalue weighted by atomic mass is 10.1. The largest absolute Gasteiger partial charge is 0.366 e. The summed E-state index contributed by atoms with van der Waals surface area (Å²) < 4.78 is 37.4. The van der Waals surface area contributed by atoms with Gasteiger partial charge in [-0.1, -0.05) is 23.9 Å². The first kappa shape index (κ1) is 21.3. The summed E-state index contributed by atoms with van der Waals surface area (Å²) >= 11 is 1.46. The first-order valence-corrected chi connectivity index (χ1v) is 13.2. The third-order valence-corrected chi connectivity index (χ3v) is 9.10. The van der Waals surface area contributed by atoms with Crippen LogP contribution in [0.3, 0.4) is 0 Å². The predicted molar refractivity (Wildman–Crippen MR) is 126 cm³/mol. The highest BCUT2D eigenvalue weighted by Crippen LogP contribution is 2.34. The van der Waals surface area contributed by atoms with Crippen LogP contribution in [0.2, 0.25) is 0 Å². The molecule has 0 aromatic heterocycles. The number of thioether (sulfide) groups is 1. The van der Waals surface area contributed by atoms with Crippen molar-refractivity contribution in [1.82, 2.24) is 4.90 Å². The van der Waals surface area contributed by atoms with E-state index < -0.39 is 9.84 Å². The topological polar surface area (TPSA) is 82.1 Å². The third kappa shape index (κ3) is 4.33. The summed E-state index contributed by atoms with van der Waals surface area (Å²) in [4.78, 5) is 21.1. The van der Waals surface area contributed by atoms with Crippen molar-refractivity contribution in [2.24, 2.45) is 4.99 Å². The molecule has 0 saturated carbocycles. The van der Waals surface area contributed by atoms with E-state index in [9.17, 15) is 17.6 Å². The van der Waals surface area contributed by atoms with Crippen LogP contribution in [0.1, 0.15) is 10.4 Å². The number of benzene rings is 2. The van der Waals surface area contributed by atoms with Crippen LogP contribution in [0.5, 0.6) is 0 Å². The number of amides is 1. The first-order chi connectivity index (χ1) is 15.4. The summed E-state index contributed by atoms with van der Waals surface area (Å²) in [5.74, 6) is 0.00458. The SMILES string of the molecule is O=C(c1ccc(NC2=N[C@@H]3CS(=O)(=O)C[C@H]3S2)cc1)N1CCN(c2ccccc2F)CC1. The van der Waals surface area contributed by atoms with E-state index in [4.69, 9.17) is 0 Å². The van der Waals surface area contributed by atoms with Gasteiger partial charge in [-0.2, -0.15) is 0 Å². The highest BCUT2D eigenvalue weighted by atomic mass is 32.2. The number of amidine groups is 1. The van der Waals surface area contributed by atoms with Crippen molar-refractivity contribution in [3.63, 3.8) is 0 Å². The number of hydrogen-bond acceptors (Lipinski definition) is 7. The van der Waals surface area contributed by atoms with E-state index in [0.717, 1.165) is 10.9 Å². The summed E-state index contributed by atoms with van der Waals surface area (Å²) in [5.41, 5.74) is 1.98. The standard InChI is InChI=1S/C22H23FN4O3S2/c23-17-3-1-2-4-19(17)26-9-11-27(12-10-26)21(28)15-5-7-16(8-6-15)24-22-25-18-13-32(29,30)14-20(18)31-22/h1-8,18,20H,9-14H2,(H,24,25)/t18-,20-/m1/s1. The van der Waals surface area contributed by atoms with Gasteiger partial charge in [-0.3, -0.25) is 9.79 Å². The van der Waals surface area contributed by atoms with Gasteiger partial charge in [0.05, 0.1) is 23.2 Å². The maximum absolute atomic E-state index is 14.0. The monoisotopic (exact) mass is 474 g/mol. The van der Waals surface area contributed by atoms with Crippen molar-refractivity contribution in [1.29, 1.82) is 0 Å². The van der Waals surface area contributed by atoms with E-state index in [1.807, 2.05) is 23.1 Å². The number of piperazine rings is 1. The van der Waals surface area contributed by atoms with E-state index in [1.165, 1.54) is 17.8 Å². The molecule has 2 saturated heterocycles. The summed E-state index contributed by atoms with van der Waals surface area (Å²) in [5, 5.41) is 3.94. The zero-order valence-corrected chi connectivity index (χ0v) is 18.9. The molecule has 32 heavy (non-hydrogen) atoms. The molecule has 1 amide bonds. The molecular weight excluding hydrogens is 451 g/mol. The molecule has 5 rings (SSSR count). The van der Waals surface area contributed by atoms with Crippen molar-refractivity contribution < 1.29 is 17.6 Å². The van der Waals surface area contributed by atoms with Crippen molar-refractivity contribution in [2.75, 3.05) is 47.9 Å². The molecule has 2 aromatic carbocycles. The predicted octanol–water partition coefficient (Wildman–Crippen LogP) is 2.47. The van der Waals surface area contributed by atoms with E-state index in [1.54, 1.807) is 29.2 Å². The van der Waals surface area contributed by atoms with Gasteiger partial charge < -0.3 is 15.1 Å². The second-order valence-electron chi connectivity index (χ2n) is 8.17. The lowest BCUT2D eigenvalue weighted by Crippen LogP contribution is -2.49. The van der Waals surface area contributed by atoms with E-state index in [-0.39, 0.29) is 34.5 Å². The number of halogens is 1. The third-order valence-electron chi connectivity index (χ3n) is 5.96. The Kier molecular flexibility index (Phi) is 5.58. The highest BCUT2D eigenvalue weighted by molar-refractivity contribution is 8.15. The van der Waals surface area contributed by atoms with Gasteiger partial charge in [-0.25, -0.2) is 12.8 Å². The second-order valence-corrected chi connectivity index (χ2v) is 11.5. The van der Waals surface area contributed by atoms with Gasteiger partial charge in [-0.05, 0) is 36.4 Å². The van der Waals surface area contributed by atoms with Crippen LogP contribution >= 0.6 is 11.8 Å². The fourth-order valence-corrected chi connectivity index (χ4v) is 7.95. The van der Waals surface area contributed by atoms with E-state index >= 15 is 0 Å². The smallest absolute Gasteiger partial charge is 0.253 e. The van der Waals surface area contributed by atoms with Crippen LogP contribution in [-0.2, 0) is 9.84 Å². The van der Waals surface area contributed by atoms with Gasteiger partial charge in [0, 0.05) is 42.7 Å². The van der Waals surface area contributed by atoms with Crippen LogP contribution < -0.4 is 10.2 Å². The molecular formula is C22H23FN4O3S2. The Hall–Kier alpha value is -2.59. The van der Waals surface area contributed by atoms with E-state index in [0.29, 0.717) is 37.4 Å². The van der Waals surface area contributed by atoms with Gasteiger partial charge in [0.15, 0.2) is 15.0 Å².